The van der Waals surface area contributed by atoms with E-state index in [2.05, 4.69) is 84.6 Å². The number of nitrogens with zero attached hydrogens (tertiary/aromatic N) is 1. The number of benzene rings is 1. The molecule has 2 heteroatoms. The van der Waals surface area contributed by atoms with Gasteiger partial charge in [-0.25, -0.2) is 4.57 Å². The van der Waals surface area contributed by atoms with Crippen LogP contribution in [0, 0.1) is 0 Å². The monoisotopic (exact) mass is 540 g/mol. The maximum Gasteiger partial charge on any atom is 0.169 e. The molecule has 2 aromatic rings. The molecule has 1 nitrogen and oxygen atoms in total. The fraction of sp³-hybridized carbons (Fsp3) is 0.545. The number of allylic oxidation sites excluding steroid dienone is 2. The number of hydrogen-bond acceptors (Lipinski definition) is 0. The van der Waals surface area contributed by atoms with Crippen molar-refractivity contribution in [3.63, 3.8) is 0 Å². The number of aromatic nitrogens is 1. The summed E-state index contributed by atoms with van der Waals surface area (Å²) < 4.78 is 2.32. The van der Waals surface area contributed by atoms with Crippen LogP contribution >= 0.6 is 17.0 Å². The third-order valence-corrected chi connectivity index (χ3v) is 6.67. The Morgan fingerprint density at radius 2 is 0.914 bits per heavy atom. The molecule has 0 atom stereocenters. The first-order valence-electron chi connectivity index (χ1n) is 14.3. The van der Waals surface area contributed by atoms with Crippen molar-refractivity contribution in [2.45, 2.75) is 116 Å². The minimum atomic E-state index is 0. The number of rotatable bonds is 20. The Morgan fingerprint density at radius 3 is 1.37 bits per heavy atom. The molecule has 0 aliphatic heterocycles. The van der Waals surface area contributed by atoms with Gasteiger partial charge in [0.2, 0.25) is 0 Å². The van der Waals surface area contributed by atoms with Crippen LogP contribution < -0.4 is 4.57 Å². The van der Waals surface area contributed by atoms with Gasteiger partial charge in [-0.3, -0.25) is 0 Å². The second-order valence-corrected chi connectivity index (χ2v) is 9.80. The third-order valence-electron chi connectivity index (χ3n) is 6.67. The predicted octanol–water partition coefficient (Wildman–Crippen LogP) is 10.5. The van der Waals surface area contributed by atoms with E-state index in [0.29, 0.717) is 0 Å². The molecule has 0 aliphatic rings. The van der Waals surface area contributed by atoms with Crippen LogP contribution in [-0.2, 0) is 6.54 Å². The van der Waals surface area contributed by atoms with Gasteiger partial charge in [-0.2, -0.15) is 0 Å². The van der Waals surface area contributed by atoms with Crippen LogP contribution in [0.15, 0.2) is 67.0 Å². The summed E-state index contributed by atoms with van der Waals surface area (Å²) in [4.78, 5) is 0. The van der Waals surface area contributed by atoms with Crippen molar-refractivity contribution in [2.24, 2.45) is 0 Å². The van der Waals surface area contributed by atoms with Crippen LogP contribution in [0.2, 0.25) is 0 Å². The zero-order chi connectivity index (χ0) is 23.9. The van der Waals surface area contributed by atoms with Crippen LogP contribution in [0.25, 0.3) is 12.2 Å². The Bertz CT molecular complexity index is 763. The molecule has 1 aromatic carbocycles. The first-order valence-corrected chi connectivity index (χ1v) is 14.3. The minimum Gasteiger partial charge on any atom is -0.205 e. The van der Waals surface area contributed by atoms with Crippen molar-refractivity contribution < 1.29 is 4.57 Å². The SMILES string of the molecule is Br.CCCCCCCCCCCCCCCCCC[n+]1ccc(/C=C/C=C/c2ccccc2)cc1. The molecule has 0 unspecified atom stereocenters. The molecule has 2 rings (SSSR count). The van der Waals surface area contributed by atoms with Crippen molar-refractivity contribution in [2.75, 3.05) is 0 Å². The van der Waals surface area contributed by atoms with Gasteiger partial charge < -0.3 is 0 Å². The molecule has 1 heterocycles. The first-order chi connectivity index (χ1) is 16.9. The van der Waals surface area contributed by atoms with Crippen LogP contribution in [0.1, 0.15) is 121 Å². The van der Waals surface area contributed by atoms with Gasteiger partial charge in [0.05, 0.1) is 0 Å². The quantitative estimate of drug-likeness (QED) is 0.0892. The van der Waals surface area contributed by atoms with Gasteiger partial charge in [-0.05, 0) is 17.5 Å². The van der Waals surface area contributed by atoms with Crippen LogP contribution in [0.4, 0.5) is 0 Å². The lowest BCUT2D eigenvalue weighted by atomic mass is 10.0. The molecule has 0 N–H and O–H groups in total. The van der Waals surface area contributed by atoms with Crippen molar-refractivity contribution in [3.8, 4) is 0 Å². The molecule has 0 radical (unpaired) electrons. The summed E-state index contributed by atoms with van der Waals surface area (Å²) >= 11 is 0. The number of halogens is 1. The molecule has 0 spiro atoms. The highest BCUT2D eigenvalue weighted by Gasteiger charge is 2.00. The molecule has 0 bridgehead atoms. The van der Waals surface area contributed by atoms with E-state index in [1.807, 2.05) is 6.07 Å². The Hall–Kier alpha value is -1.67. The average Bonchev–Trinajstić information content (AvgIpc) is 2.88. The van der Waals surface area contributed by atoms with E-state index in [9.17, 15) is 0 Å². The van der Waals surface area contributed by atoms with Crippen molar-refractivity contribution in [1.29, 1.82) is 0 Å². The zero-order valence-corrected chi connectivity index (χ0v) is 24.1. The summed E-state index contributed by atoms with van der Waals surface area (Å²) in [6, 6.07) is 14.8. The second kappa shape index (κ2) is 22.8. The average molecular weight is 542 g/mol. The first kappa shape index (κ1) is 31.4. The van der Waals surface area contributed by atoms with Gasteiger partial charge in [-0.1, -0.05) is 151 Å². The van der Waals surface area contributed by atoms with Crippen molar-refractivity contribution >= 4 is 29.1 Å². The van der Waals surface area contributed by atoms with Crippen molar-refractivity contribution in [1.82, 2.24) is 0 Å². The van der Waals surface area contributed by atoms with E-state index in [1.165, 1.54) is 114 Å². The predicted molar refractivity (Wildman–Crippen MR) is 161 cm³/mol. The molecule has 0 amide bonds. The fourth-order valence-corrected chi connectivity index (χ4v) is 4.47. The lowest BCUT2D eigenvalue weighted by molar-refractivity contribution is -0.697. The Morgan fingerprint density at radius 1 is 0.514 bits per heavy atom. The largest absolute Gasteiger partial charge is 0.205 e. The van der Waals surface area contributed by atoms with Crippen LogP contribution in [-0.4, -0.2) is 0 Å². The number of pyridine rings is 1. The van der Waals surface area contributed by atoms with Gasteiger partial charge in [0.25, 0.3) is 0 Å². The van der Waals surface area contributed by atoms with Gasteiger partial charge >= 0.3 is 0 Å². The van der Waals surface area contributed by atoms with E-state index in [0.717, 1.165) is 6.54 Å². The smallest absolute Gasteiger partial charge is 0.169 e. The lowest BCUT2D eigenvalue weighted by Crippen LogP contribution is -2.32. The molecule has 0 saturated carbocycles. The minimum absolute atomic E-state index is 0. The lowest BCUT2D eigenvalue weighted by Gasteiger charge is -2.03. The zero-order valence-electron chi connectivity index (χ0n) is 22.4. The van der Waals surface area contributed by atoms with Crippen molar-refractivity contribution in [3.05, 3.63) is 78.1 Å². The van der Waals surface area contributed by atoms with E-state index < -0.39 is 0 Å². The van der Waals surface area contributed by atoms with Crippen LogP contribution in [0.3, 0.4) is 0 Å². The van der Waals surface area contributed by atoms with E-state index in [4.69, 9.17) is 0 Å². The molecular formula is C33H51BrN+. The Labute approximate surface area is 227 Å². The fourth-order valence-electron chi connectivity index (χ4n) is 4.47. The summed E-state index contributed by atoms with van der Waals surface area (Å²) in [5, 5.41) is 0. The molecule has 35 heavy (non-hydrogen) atoms. The second-order valence-electron chi connectivity index (χ2n) is 9.80. The molecular weight excluding hydrogens is 490 g/mol. The summed E-state index contributed by atoms with van der Waals surface area (Å²) in [5.41, 5.74) is 2.48. The third kappa shape index (κ3) is 17.4. The Balaban J connectivity index is 0.00000612. The normalized spacial score (nSPS) is 11.3. The summed E-state index contributed by atoms with van der Waals surface area (Å²) in [7, 11) is 0. The topological polar surface area (TPSA) is 3.88 Å². The number of unbranched alkanes of at least 4 members (excludes halogenated alkanes) is 15. The van der Waals surface area contributed by atoms with E-state index in [1.54, 1.807) is 0 Å². The van der Waals surface area contributed by atoms with E-state index >= 15 is 0 Å². The van der Waals surface area contributed by atoms with E-state index in [-0.39, 0.29) is 17.0 Å². The molecule has 0 fully saturated rings. The number of hydrogen-bond donors (Lipinski definition) is 0. The highest BCUT2D eigenvalue weighted by molar-refractivity contribution is 8.93. The summed E-state index contributed by atoms with van der Waals surface area (Å²) in [5.74, 6) is 0. The summed E-state index contributed by atoms with van der Waals surface area (Å²) in [6.45, 7) is 3.43. The Kier molecular flexibility index (Phi) is 20.4. The van der Waals surface area contributed by atoms with Gasteiger partial charge in [0, 0.05) is 18.6 Å². The highest BCUT2D eigenvalue weighted by atomic mass is 79.9. The van der Waals surface area contributed by atoms with Gasteiger partial charge in [0.15, 0.2) is 12.4 Å². The number of aryl methyl sites for hydroxylation is 1. The summed E-state index contributed by atoms with van der Waals surface area (Å²) in [6.07, 6.45) is 35.8. The maximum absolute atomic E-state index is 2.32. The van der Waals surface area contributed by atoms with Gasteiger partial charge in [0.1, 0.15) is 6.54 Å². The van der Waals surface area contributed by atoms with Gasteiger partial charge in [-0.15, -0.1) is 17.0 Å². The highest BCUT2D eigenvalue weighted by Crippen LogP contribution is 2.13. The molecule has 0 saturated heterocycles. The molecule has 0 aliphatic carbocycles. The molecule has 194 valence electrons. The molecule has 1 aromatic heterocycles. The van der Waals surface area contributed by atoms with Crippen LogP contribution in [0.5, 0.6) is 0 Å². The standard InChI is InChI=1S/C33H50N.BrH/c1-2-3-4-5-6-7-8-9-10-11-12-13-14-15-16-22-29-34-30-27-33(28-31-34)26-21-20-25-32-23-18-17-19-24-32;/h17-21,23-28,30-31H,2-16,22,29H2,1H3;1H/q+1;/b25-20+,26-21+;. The maximum atomic E-state index is 2.32.